The standard InChI is InChI=1S/C15H13BrFNO2/c16-9-1-2-12-13(18)7-14(20-15(12)5-9)8-3-10(17)6-11(19)4-8/h1-6,13-14,19H,7,18H2. The highest BCUT2D eigenvalue weighted by atomic mass is 79.9. The number of benzene rings is 2. The summed E-state index contributed by atoms with van der Waals surface area (Å²) in [5, 5.41) is 9.50. The Hall–Kier alpha value is -1.59. The lowest BCUT2D eigenvalue weighted by atomic mass is 9.93. The summed E-state index contributed by atoms with van der Waals surface area (Å²) in [6.07, 6.45) is 0.172. The van der Waals surface area contributed by atoms with Crippen LogP contribution in [0.25, 0.3) is 0 Å². The zero-order valence-electron chi connectivity index (χ0n) is 10.5. The molecule has 0 amide bonds. The van der Waals surface area contributed by atoms with Crippen LogP contribution < -0.4 is 10.5 Å². The number of fused-ring (bicyclic) bond motifs is 1. The average molecular weight is 338 g/mol. The number of halogens is 2. The minimum absolute atomic E-state index is 0.114. The number of hydrogen-bond acceptors (Lipinski definition) is 3. The molecular weight excluding hydrogens is 325 g/mol. The van der Waals surface area contributed by atoms with Gasteiger partial charge in [0.05, 0.1) is 0 Å². The summed E-state index contributed by atoms with van der Waals surface area (Å²) in [6.45, 7) is 0. The molecule has 0 saturated carbocycles. The van der Waals surface area contributed by atoms with E-state index in [4.69, 9.17) is 10.5 Å². The Balaban J connectivity index is 1.98. The predicted molar refractivity (Wildman–Crippen MR) is 77.1 cm³/mol. The molecule has 104 valence electrons. The van der Waals surface area contributed by atoms with Crippen molar-refractivity contribution in [2.24, 2.45) is 5.73 Å². The first kappa shape index (κ1) is 13.4. The van der Waals surface area contributed by atoms with Crippen molar-refractivity contribution in [3.05, 3.63) is 57.8 Å². The number of phenolic OH excluding ortho intramolecular Hbond substituents is 1. The SMILES string of the molecule is NC1CC(c2cc(O)cc(F)c2)Oc2cc(Br)ccc21. The zero-order valence-corrected chi connectivity index (χ0v) is 12.1. The van der Waals surface area contributed by atoms with Crippen LogP contribution in [0, 0.1) is 5.82 Å². The van der Waals surface area contributed by atoms with Gasteiger partial charge in [0.25, 0.3) is 0 Å². The largest absolute Gasteiger partial charge is 0.508 e. The highest BCUT2D eigenvalue weighted by Gasteiger charge is 2.27. The molecular formula is C15H13BrFNO2. The first-order valence-electron chi connectivity index (χ1n) is 6.24. The second kappa shape index (κ2) is 5.07. The van der Waals surface area contributed by atoms with Gasteiger partial charge in [0.1, 0.15) is 23.4 Å². The number of ether oxygens (including phenoxy) is 1. The van der Waals surface area contributed by atoms with E-state index in [2.05, 4.69) is 15.9 Å². The van der Waals surface area contributed by atoms with E-state index in [1.807, 2.05) is 18.2 Å². The summed E-state index contributed by atoms with van der Waals surface area (Å²) in [5.41, 5.74) is 7.67. The molecule has 1 heterocycles. The minimum Gasteiger partial charge on any atom is -0.508 e. The Morgan fingerprint density at radius 3 is 2.80 bits per heavy atom. The summed E-state index contributed by atoms with van der Waals surface area (Å²) < 4.78 is 20.2. The second-order valence-electron chi connectivity index (χ2n) is 4.87. The van der Waals surface area contributed by atoms with Crippen LogP contribution in [-0.4, -0.2) is 5.11 Å². The summed E-state index contributed by atoms with van der Waals surface area (Å²) in [5.74, 6) is 0.0845. The van der Waals surface area contributed by atoms with Gasteiger partial charge in [-0.25, -0.2) is 4.39 Å². The van der Waals surface area contributed by atoms with Crippen LogP contribution in [0.1, 0.15) is 29.7 Å². The van der Waals surface area contributed by atoms with E-state index in [1.165, 1.54) is 12.1 Å². The zero-order chi connectivity index (χ0) is 14.3. The topological polar surface area (TPSA) is 55.5 Å². The maximum Gasteiger partial charge on any atom is 0.127 e. The molecule has 5 heteroatoms. The Labute approximate surface area is 124 Å². The van der Waals surface area contributed by atoms with Crippen LogP contribution in [0.5, 0.6) is 11.5 Å². The fourth-order valence-electron chi connectivity index (χ4n) is 2.46. The van der Waals surface area contributed by atoms with Crippen LogP contribution >= 0.6 is 15.9 Å². The number of aromatic hydroxyl groups is 1. The monoisotopic (exact) mass is 337 g/mol. The minimum atomic E-state index is -0.489. The second-order valence-corrected chi connectivity index (χ2v) is 5.79. The first-order chi connectivity index (χ1) is 9.52. The molecule has 0 saturated heterocycles. The van der Waals surface area contributed by atoms with Gasteiger partial charge in [-0.15, -0.1) is 0 Å². The highest BCUT2D eigenvalue weighted by Crippen LogP contribution is 2.41. The molecule has 2 atom stereocenters. The number of rotatable bonds is 1. The van der Waals surface area contributed by atoms with E-state index in [-0.39, 0.29) is 17.9 Å². The molecule has 0 spiro atoms. The number of nitrogens with two attached hydrogens (primary N) is 1. The van der Waals surface area contributed by atoms with E-state index in [0.29, 0.717) is 17.7 Å². The molecule has 0 radical (unpaired) electrons. The van der Waals surface area contributed by atoms with Gasteiger partial charge in [0.15, 0.2) is 0 Å². The fraction of sp³-hybridized carbons (Fsp3) is 0.200. The third-order valence-corrected chi connectivity index (χ3v) is 3.88. The van der Waals surface area contributed by atoms with Gasteiger partial charge < -0.3 is 15.6 Å². The molecule has 0 bridgehead atoms. The van der Waals surface area contributed by atoms with Crippen molar-refractivity contribution in [3.8, 4) is 11.5 Å². The van der Waals surface area contributed by atoms with Gasteiger partial charge in [-0.2, -0.15) is 0 Å². The molecule has 2 unspecified atom stereocenters. The quantitative estimate of drug-likeness (QED) is 0.831. The van der Waals surface area contributed by atoms with E-state index >= 15 is 0 Å². The van der Waals surface area contributed by atoms with Crippen molar-refractivity contribution < 1.29 is 14.2 Å². The molecule has 1 aliphatic rings. The van der Waals surface area contributed by atoms with Crippen LogP contribution in [0.4, 0.5) is 4.39 Å². The molecule has 1 aliphatic heterocycles. The lowest BCUT2D eigenvalue weighted by molar-refractivity contribution is 0.160. The molecule has 0 fully saturated rings. The molecule has 3 nitrogen and oxygen atoms in total. The first-order valence-corrected chi connectivity index (χ1v) is 7.03. The van der Waals surface area contributed by atoms with Gasteiger partial charge >= 0.3 is 0 Å². The van der Waals surface area contributed by atoms with Crippen molar-refractivity contribution in [2.75, 3.05) is 0 Å². The van der Waals surface area contributed by atoms with Crippen molar-refractivity contribution in [1.29, 1.82) is 0 Å². The third kappa shape index (κ3) is 2.51. The van der Waals surface area contributed by atoms with Crippen LogP contribution in [0.3, 0.4) is 0 Å². The fourth-order valence-corrected chi connectivity index (χ4v) is 2.80. The molecule has 3 rings (SSSR count). The Kier molecular flexibility index (Phi) is 3.40. The normalized spacial score (nSPS) is 21.1. The molecule has 2 aromatic rings. The lowest BCUT2D eigenvalue weighted by Crippen LogP contribution is -2.24. The number of phenols is 1. The van der Waals surface area contributed by atoms with Gasteiger partial charge in [0, 0.05) is 28.6 Å². The van der Waals surface area contributed by atoms with E-state index in [0.717, 1.165) is 16.1 Å². The molecule has 3 N–H and O–H groups in total. The summed E-state index contributed by atoms with van der Waals surface area (Å²) in [7, 11) is 0. The summed E-state index contributed by atoms with van der Waals surface area (Å²) in [6, 6.07) is 9.43. The summed E-state index contributed by atoms with van der Waals surface area (Å²) in [4.78, 5) is 0. The predicted octanol–water partition coefficient (Wildman–Crippen LogP) is 3.82. The van der Waals surface area contributed by atoms with Crippen molar-refractivity contribution in [3.63, 3.8) is 0 Å². The Bertz CT molecular complexity index is 642. The smallest absolute Gasteiger partial charge is 0.127 e. The van der Waals surface area contributed by atoms with Crippen LogP contribution in [0.2, 0.25) is 0 Å². The van der Waals surface area contributed by atoms with Crippen molar-refractivity contribution in [2.45, 2.75) is 18.6 Å². The van der Waals surface area contributed by atoms with E-state index in [9.17, 15) is 9.50 Å². The average Bonchev–Trinajstić information content (AvgIpc) is 2.36. The van der Waals surface area contributed by atoms with Gasteiger partial charge in [0.2, 0.25) is 0 Å². The lowest BCUT2D eigenvalue weighted by Gasteiger charge is -2.30. The molecule has 0 aromatic heterocycles. The molecule has 20 heavy (non-hydrogen) atoms. The third-order valence-electron chi connectivity index (χ3n) is 3.39. The van der Waals surface area contributed by atoms with Crippen molar-refractivity contribution in [1.82, 2.24) is 0 Å². The van der Waals surface area contributed by atoms with Crippen LogP contribution in [0.15, 0.2) is 40.9 Å². The van der Waals surface area contributed by atoms with E-state index < -0.39 is 5.82 Å². The van der Waals surface area contributed by atoms with Crippen LogP contribution in [-0.2, 0) is 0 Å². The molecule has 0 aliphatic carbocycles. The highest BCUT2D eigenvalue weighted by molar-refractivity contribution is 9.10. The van der Waals surface area contributed by atoms with Gasteiger partial charge in [-0.1, -0.05) is 22.0 Å². The Morgan fingerprint density at radius 1 is 1.25 bits per heavy atom. The molecule has 2 aromatic carbocycles. The number of hydrogen-bond donors (Lipinski definition) is 2. The maximum absolute atomic E-state index is 13.4. The van der Waals surface area contributed by atoms with Gasteiger partial charge in [-0.3, -0.25) is 0 Å². The Morgan fingerprint density at radius 2 is 2.05 bits per heavy atom. The van der Waals surface area contributed by atoms with Gasteiger partial charge in [-0.05, 0) is 29.8 Å². The summed E-state index contributed by atoms with van der Waals surface area (Å²) >= 11 is 3.39. The van der Waals surface area contributed by atoms with E-state index in [1.54, 1.807) is 0 Å². The maximum atomic E-state index is 13.4. The van der Waals surface area contributed by atoms with Crippen molar-refractivity contribution >= 4 is 15.9 Å².